The van der Waals surface area contributed by atoms with Crippen molar-refractivity contribution in [1.29, 1.82) is 0 Å². The smallest absolute Gasteiger partial charge is 0.254 e. The van der Waals surface area contributed by atoms with Gasteiger partial charge < -0.3 is 14.2 Å². The molecule has 1 aromatic carbocycles. The molecule has 1 saturated heterocycles. The van der Waals surface area contributed by atoms with Gasteiger partial charge in [0.25, 0.3) is 5.91 Å². The largest absolute Gasteiger partial charge is 0.487 e. The first-order valence-corrected chi connectivity index (χ1v) is 10.2. The van der Waals surface area contributed by atoms with Crippen LogP contribution in [0.3, 0.4) is 0 Å². The third kappa shape index (κ3) is 4.58. The Labute approximate surface area is 167 Å². The second kappa shape index (κ2) is 8.53. The number of hydrogen-bond acceptors (Lipinski definition) is 7. The monoisotopic (exact) mass is 398 g/mol. The molecule has 1 amide bonds. The number of thiazole rings is 1. The highest BCUT2D eigenvalue weighted by molar-refractivity contribution is 7.07. The van der Waals surface area contributed by atoms with Crippen molar-refractivity contribution in [2.75, 3.05) is 26.2 Å². The predicted molar refractivity (Wildman–Crippen MR) is 105 cm³/mol. The molecule has 8 heteroatoms. The molecular weight excluding hydrogens is 376 g/mol. The fraction of sp³-hybridized carbons (Fsp3) is 0.350. The number of piperazine rings is 1. The van der Waals surface area contributed by atoms with E-state index < -0.39 is 0 Å². The fourth-order valence-corrected chi connectivity index (χ4v) is 3.73. The summed E-state index contributed by atoms with van der Waals surface area (Å²) in [5.41, 5.74) is 4.21. The number of aromatic nitrogens is 2. The van der Waals surface area contributed by atoms with Crippen molar-refractivity contribution in [3.8, 4) is 5.75 Å². The van der Waals surface area contributed by atoms with Crippen LogP contribution in [0.4, 0.5) is 0 Å². The zero-order valence-electron chi connectivity index (χ0n) is 15.7. The average Bonchev–Trinajstić information content (AvgIpc) is 3.38. The van der Waals surface area contributed by atoms with Gasteiger partial charge in [-0.2, -0.15) is 0 Å². The fourth-order valence-electron chi connectivity index (χ4n) is 3.19. The molecule has 0 atom stereocenters. The van der Waals surface area contributed by atoms with E-state index in [1.807, 2.05) is 41.5 Å². The van der Waals surface area contributed by atoms with Crippen molar-refractivity contribution in [2.24, 2.45) is 0 Å². The SMILES string of the molecule is Cc1cc(CN2CCN(C(=O)c3cccc(OCc4cscn4)c3)CC2)on1. The zero-order chi connectivity index (χ0) is 19.3. The molecule has 28 heavy (non-hydrogen) atoms. The van der Waals surface area contributed by atoms with Crippen LogP contribution in [-0.4, -0.2) is 52.0 Å². The summed E-state index contributed by atoms with van der Waals surface area (Å²) in [6.45, 7) is 6.05. The van der Waals surface area contributed by atoms with Crippen LogP contribution in [0.15, 0.2) is 45.7 Å². The number of rotatable bonds is 6. The first-order chi connectivity index (χ1) is 13.7. The van der Waals surface area contributed by atoms with Gasteiger partial charge in [0.15, 0.2) is 5.76 Å². The molecular formula is C20H22N4O3S. The molecule has 146 valence electrons. The van der Waals surface area contributed by atoms with Crippen molar-refractivity contribution in [3.63, 3.8) is 0 Å². The Morgan fingerprint density at radius 1 is 1.25 bits per heavy atom. The molecule has 0 unspecified atom stereocenters. The van der Waals surface area contributed by atoms with Gasteiger partial charge in [-0.15, -0.1) is 11.3 Å². The van der Waals surface area contributed by atoms with Crippen molar-refractivity contribution in [3.05, 3.63) is 63.9 Å². The van der Waals surface area contributed by atoms with Crippen LogP contribution in [0.2, 0.25) is 0 Å². The number of carbonyl (C=O) groups is 1. The lowest BCUT2D eigenvalue weighted by molar-refractivity contribution is 0.0617. The molecule has 0 spiro atoms. The Morgan fingerprint density at radius 2 is 2.11 bits per heavy atom. The Balaban J connectivity index is 1.31. The van der Waals surface area contributed by atoms with Gasteiger partial charge >= 0.3 is 0 Å². The van der Waals surface area contributed by atoms with E-state index in [1.165, 1.54) is 11.3 Å². The molecule has 0 radical (unpaired) electrons. The van der Waals surface area contributed by atoms with Crippen LogP contribution in [0.5, 0.6) is 5.75 Å². The Morgan fingerprint density at radius 3 is 2.82 bits per heavy atom. The van der Waals surface area contributed by atoms with E-state index in [4.69, 9.17) is 9.26 Å². The lowest BCUT2D eigenvalue weighted by Crippen LogP contribution is -2.48. The normalized spacial score (nSPS) is 15.0. The highest BCUT2D eigenvalue weighted by Crippen LogP contribution is 2.18. The van der Waals surface area contributed by atoms with Crippen LogP contribution < -0.4 is 4.74 Å². The minimum atomic E-state index is 0.0364. The van der Waals surface area contributed by atoms with Crippen molar-refractivity contribution >= 4 is 17.2 Å². The highest BCUT2D eigenvalue weighted by Gasteiger charge is 2.23. The van der Waals surface area contributed by atoms with Gasteiger partial charge in [-0.05, 0) is 25.1 Å². The van der Waals surface area contributed by atoms with E-state index in [0.717, 1.165) is 36.8 Å². The number of benzene rings is 1. The number of hydrogen-bond donors (Lipinski definition) is 0. The summed E-state index contributed by atoms with van der Waals surface area (Å²) in [7, 11) is 0. The maximum absolute atomic E-state index is 12.9. The Kier molecular flexibility index (Phi) is 5.68. The van der Waals surface area contributed by atoms with Gasteiger partial charge in [0.05, 0.1) is 23.4 Å². The summed E-state index contributed by atoms with van der Waals surface area (Å²) in [4.78, 5) is 21.2. The first kappa shape index (κ1) is 18.6. The minimum absolute atomic E-state index is 0.0364. The second-order valence-corrected chi connectivity index (χ2v) is 7.52. The molecule has 1 aliphatic rings. The lowest BCUT2D eigenvalue weighted by atomic mass is 10.1. The van der Waals surface area contributed by atoms with Crippen LogP contribution in [0.1, 0.15) is 27.5 Å². The van der Waals surface area contributed by atoms with Crippen molar-refractivity contribution < 1.29 is 14.1 Å². The molecule has 1 aliphatic heterocycles. The summed E-state index contributed by atoms with van der Waals surface area (Å²) in [5.74, 6) is 1.58. The zero-order valence-corrected chi connectivity index (χ0v) is 16.5. The number of aryl methyl sites for hydroxylation is 1. The molecule has 3 heterocycles. The summed E-state index contributed by atoms with van der Waals surface area (Å²) in [6, 6.07) is 9.31. The maximum atomic E-state index is 12.9. The number of ether oxygens (including phenoxy) is 1. The molecule has 4 rings (SSSR count). The third-order valence-corrected chi connectivity index (χ3v) is 5.30. The van der Waals surface area contributed by atoms with E-state index in [2.05, 4.69) is 15.0 Å². The van der Waals surface area contributed by atoms with E-state index in [-0.39, 0.29) is 5.91 Å². The van der Waals surface area contributed by atoms with E-state index in [0.29, 0.717) is 31.0 Å². The predicted octanol–water partition coefficient (Wildman–Crippen LogP) is 2.98. The first-order valence-electron chi connectivity index (χ1n) is 9.21. The summed E-state index contributed by atoms with van der Waals surface area (Å²) >= 11 is 1.54. The molecule has 0 N–H and O–H groups in total. The van der Waals surface area contributed by atoms with Crippen LogP contribution in [-0.2, 0) is 13.2 Å². The average molecular weight is 398 g/mol. The summed E-state index contributed by atoms with van der Waals surface area (Å²) in [5, 5.41) is 5.88. The van der Waals surface area contributed by atoms with Crippen molar-refractivity contribution in [2.45, 2.75) is 20.1 Å². The Bertz CT molecular complexity index is 917. The topological polar surface area (TPSA) is 71.7 Å². The lowest BCUT2D eigenvalue weighted by Gasteiger charge is -2.34. The number of nitrogens with zero attached hydrogens (tertiary/aromatic N) is 4. The molecule has 0 saturated carbocycles. The molecule has 3 aromatic rings. The van der Waals surface area contributed by atoms with Crippen LogP contribution in [0.25, 0.3) is 0 Å². The van der Waals surface area contributed by atoms with E-state index >= 15 is 0 Å². The van der Waals surface area contributed by atoms with Crippen LogP contribution in [0, 0.1) is 6.92 Å². The number of amides is 1. The minimum Gasteiger partial charge on any atom is -0.487 e. The molecule has 1 fully saturated rings. The molecule has 2 aromatic heterocycles. The molecule has 0 aliphatic carbocycles. The Hall–Kier alpha value is -2.71. The summed E-state index contributed by atoms with van der Waals surface area (Å²) < 4.78 is 11.0. The van der Waals surface area contributed by atoms with Crippen molar-refractivity contribution in [1.82, 2.24) is 19.9 Å². The summed E-state index contributed by atoms with van der Waals surface area (Å²) in [6.07, 6.45) is 0. The second-order valence-electron chi connectivity index (χ2n) is 6.80. The van der Waals surface area contributed by atoms with E-state index in [9.17, 15) is 4.79 Å². The van der Waals surface area contributed by atoms with Crippen LogP contribution >= 0.6 is 11.3 Å². The van der Waals surface area contributed by atoms with Gasteiger partial charge in [0.2, 0.25) is 0 Å². The highest BCUT2D eigenvalue weighted by atomic mass is 32.1. The van der Waals surface area contributed by atoms with Gasteiger partial charge in [-0.1, -0.05) is 11.2 Å². The maximum Gasteiger partial charge on any atom is 0.254 e. The molecule has 0 bridgehead atoms. The quantitative estimate of drug-likeness (QED) is 0.636. The van der Waals surface area contributed by atoms with Gasteiger partial charge in [-0.25, -0.2) is 4.98 Å². The molecule has 7 nitrogen and oxygen atoms in total. The standard InChI is InChI=1S/C20H22N4O3S/c1-15-9-19(27-22-15)11-23-5-7-24(8-6-23)20(25)16-3-2-4-18(10-16)26-12-17-13-28-14-21-17/h2-4,9-10,13-14H,5-8,11-12H2,1H3. The number of carbonyl (C=O) groups excluding carboxylic acids is 1. The van der Waals surface area contributed by atoms with E-state index in [1.54, 1.807) is 11.6 Å². The van der Waals surface area contributed by atoms with Gasteiger partial charge in [0.1, 0.15) is 12.4 Å². The van der Waals surface area contributed by atoms with Gasteiger partial charge in [0, 0.05) is 43.2 Å². The third-order valence-electron chi connectivity index (χ3n) is 4.67. The van der Waals surface area contributed by atoms with Gasteiger partial charge in [-0.3, -0.25) is 9.69 Å².